The monoisotopic (exact) mass is 1000 g/mol. The summed E-state index contributed by atoms with van der Waals surface area (Å²) in [6, 6.07) is 8.79. The summed E-state index contributed by atoms with van der Waals surface area (Å²) in [7, 11) is 0. The Balaban J connectivity index is 0.872. The van der Waals surface area contributed by atoms with Crippen molar-refractivity contribution in [1.29, 1.82) is 0 Å². The van der Waals surface area contributed by atoms with Crippen LogP contribution in [0.2, 0.25) is 5.02 Å². The molecule has 71 heavy (non-hydrogen) atoms. The minimum atomic E-state index is -3.11. The molecule has 20 heteroatoms. The topological polar surface area (TPSA) is 210 Å². The van der Waals surface area contributed by atoms with Gasteiger partial charge in [0.25, 0.3) is 0 Å². The molecule has 3 saturated carbocycles. The molecule has 5 aliphatic rings. The van der Waals surface area contributed by atoms with Crippen LogP contribution in [0, 0.1) is 29.1 Å². The maximum atomic E-state index is 14.7. The Labute approximate surface area is 417 Å². The standard InChI is InChI=1S/C51H65ClF2N10O7/c1-9-28-19-51(28,29-13-10-12-27(2)16-29)56-44(68)39-18-31(66)24-62(39)46(70)42(49(6,7)8)64-26-37(58-60-64)34-21-50(34)20-33(50)36-25-63(59-57-36)41(48(3,4)5)45(69)61-23-30(65)17-38(61)43(67)55-22-32-35(52)14-11-15-40(32)71-47(53)54/h10-16,25-26,28,30-31,33-34,38-39,41-42,47,65-66H,9,17-24H2,1-8H3,(H,55,67)(H,56,68)/t28?,30-,31-,33?,34?,38+,39+,41-,42-,50?,51?/m1/s1. The summed E-state index contributed by atoms with van der Waals surface area (Å²) in [6.45, 7) is 12.2. The number of aryl methyl sites for hydroxylation is 1. The van der Waals surface area contributed by atoms with E-state index in [0.29, 0.717) is 5.69 Å². The molecule has 17 nitrogen and oxygen atoms in total. The summed E-state index contributed by atoms with van der Waals surface area (Å²) in [4.78, 5) is 60.0. The SMILES string of the molecule is CCC1CC1(NC(=O)[C@@H]1C[C@@H](O)CN1C(=O)[C@@H](n1cc(C2CC23CC3c2cn([C@H](C(=O)N3C[C@H](O)C[C@H]3C(=O)NCc3c(Cl)cccc3OC(F)F)C(C)(C)C)nn2)nn1)C(C)(C)C)c1cccc(C)c1. The molecular weight excluding hydrogens is 938 g/mol. The maximum Gasteiger partial charge on any atom is 0.387 e. The first-order valence-electron chi connectivity index (χ1n) is 24.6. The first-order valence-corrected chi connectivity index (χ1v) is 25.0. The van der Waals surface area contributed by atoms with Crippen LogP contribution in [0.3, 0.4) is 0 Å². The lowest BCUT2D eigenvalue weighted by Gasteiger charge is -2.35. The molecular formula is C51H65ClF2N10O7. The number of hydrogen-bond acceptors (Lipinski definition) is 11. The fraction of sp³-hybridized carbons (Fsp3) is 0.608. The number of alkyl halides is 2. The predicted octanol–water partition coefficient (Wildman–Crippen LogP) is 5.95. The zero-order valence-corrected chi connectivity index (χ0v) is 42.2. The van der Waals surface area contributed by atoms with E-state index in [9.17, 15) is 38.2 Å². The first kappa shape index (κ1) is 50.4. The summed E-state index contributed by atoms with van der Waals surface area (Å²) < 4.78 is 34.0. The number of halogens is 3. The van der Waals surface area contributed by atoms with Gasteiger partial charge in [0, 0.05) is 67.3 Å². The van der Waals surface area contributed by atoms with Crippen molar-refractivity contribution in [1.82, 2.24) is 50.4 Å². The van der Waals surface area contributed by atoms with E-state index in [1.54, 1.807) is 10.9 Å². The van der Waals surface area contributed by atoms with Gasteiger partial charge in [-0.3, -0.25) is 19.2 Å². The number of aliphatic hydroxyl groups excluding tert-OH is 2. The van der Waals surface area contributed by atoms with Crippen molar-refractivity contribution in [3.63, 3.8) is 0 Å². The van der Waals surface area contributed by atoms with Gasteiger partial charge in [-0.1, -0.05) is 113 Å². The number of likely N-dealkylation sites (tertiary alicyclic amines) is 2. The van der Waals surface area contributed by atoms with E-state index in [1.165, 1.54) is 32.7 Å². The third-order valence-electron chi connectivity index (χ3n) is 15.6. The minimum Gasteiger partial charge on any atom is -0.434 e. The number of carbonyl (C=O) groups is 4. The molecule has 5 unspecified atom stereocenters. The van der Waals surface area contributed by atoms with Crippen molar-refractivity contribution in [2.75, 3.05) is 13.1 Å². The number of benzene rings is 2. The zero-order valence-electron chi connectivity index (χ0n) is 41.5. The Hall–Kier alpha value is -5.53. The number of rotatable bonds is 15. The molecule has 2 saturated heterocycles. The zero-order chi connectivity index (χ0) is 51.1. The highest BCUT2D eigenvalue weighted by Gasteiger charge is 2.72. The number of hydrogen-bond donors (Lipinski definition) is 4. The Bertz CT molecular complexity index is 2700. The van der Waals surface area contributed by atoms with Crippen LogP contribution in [0.4, 0.5) is 8.78 Å². The van der Waals surface area contributed by atoms with Crippen LogP contribution in [0.1, 0.15) is 139 Å². The number of β-amino-alcohol motifs (C(OH)–C–C–N with tert-alkyl or cyclic N) is 2. The Morgan fingerprint density at radius 2 is 1.35 bits per heavy atom. The van der Waals surface area contributed by atoms with Crippen molar-refractivity contribution < 1.29 is 42.9 Å². The van der Waals surface area contributed by atoms with Crippen LogP contribution in [0.25, 0.3) is 0 Å². The smallest absolute Gasteiger partial charge is 0.387 e. The highest BCUT2D eigenvalue weighted by Crippen LogP contribution is 2.81. The lowest BCUT2D eigenvalue weighted by atomic mass is 9.85. The molecule has 4 amide bonds. The van der Waals surface area contributed by atoms with Crippen molar-refractivity contribution in [3.05, 3.63) is 88.0 Å². The average molecular weight is 1000 g/mol. The van der Waals surface area contributed by atoms with Crippen LogP contribution in [0.5, 0.6) is 5.75 Å². The number of amides is 4. The quantitative estimate of drug-likeness (QED) is 0.109. The van der Waals surface area contributed by atoms with Crippen molar-refractivity contribution in [2.45, 2.75) is 161 Å². The first-order chi connectivity index (χ1) is 33.4. The van der Waals surface area contributed by atoms with Crippen molar-refractivity contribution >= 4 is 35.2 Å². The number of aliphatic hydroxyl groups is 2. The molecule has 11 atom stereocenters. The van der Waals surface area contributed by atoms with Gasteiger partial charge >= 0.3 is 6.61 Å². The molecule has 2 aromatic carbocycles. The molecule has 0 radical (unpaired) electrons. The minimum absolute atomic E-state index is 0.0188. The van der Waals surface area contributed by atoms with E-state index < -0.39 is 71.2 Å². The Kier molecular flexibility index (Phi) is 13.1. The number of ether oxygens (including phenoxy) is 1. The lowest BCUT2D eigenvalue weighted by Crippen LogP contribution is -2.52. The lowest BCUT2D eigenvalue weighted by molar-refractivity contribution is -0.144. The number of nitrogens with zero attached hydrogens (tertiary/aromatic N) is 8. The van der Waals surface area contributed by atoms with Crippen LogP contribution in [0.15, 0.2) is 54.9 Å². The fourth-order valence-corrected chi connectivity index (χ4v) is 12.0. The van der Waals surface area contributed by atoms with Crippen LogP contribution in [-0.2, 0) is 31.3 Å². The molecule has 2 aliphatic heterocycles. The van der Waals surface area contributed by atoms with E-state index in [-0.39, 0.29) is 83.8 Å². The fourth-order valence-electron chi connectivity index (χ4n) is 11.7. The van der Waals surface area contributed by atoms with E-state index in [0.717, 1.165) is 42.5 Å². The summed E-state index contributed by atoms with van der Waals surface area (Å²) in [5, 5.41) is 46.0. The molecule has 3 aliphatic carbocycles. The number of carbonyl (C=O) groups excluding carboxylic acids is 4. The maximum absolute atomic E-state index is 14.7. The van der Waals surface area contributed by atoms with E-state index in [1.807, 2.05) is 72.9 Å². The summed E-state index contributed by atoms with van der Waals surface area (Å²) >= 11 is 6.29. The van der Waals surface area contributed by atoms with E-state index in [2.05, 4.69) is 49.0 Å². The van der Waals surface area contributed by atoms with Gasteiger partial charge in [-0.05, 0) is 66.0 Å². The second-order valence-electron chi connectivity index (χ2n) is 22.8. The Morgan fingerprint density at radius 1 is 0.817 bits per heavy atom. The average Bonchev–Trinajstić information content (AvgIpc) is 4.09. The molecule has 4 N–H and O–H groups in total. The highest BCUT2D eigenvalue weighted by molar-refractivity contribution is 6.31. The van der Waals surface area contributed by atoms with Crippen LogP contribution in [-0.4, -0.2) is 118 Å². The third kappa shape index (κ3) is 9.65. The molecule has 4 aromatic rings. The van der Waals surface area contributed by atoms with Crippen LogP contribution < -0.4 is 15.4 Å². The van der Waals surface area contributed by atoms with Crippen molar-refractivity contribution in [2.24, 2.45) is 22.2 Å². The summed E-state index contributed by atoms with van der Waals surface area (Å²) in [6.07, 6.45) is 5.20. The Morgan fingerprint density at radius 3 is 1.85 bits per heavy atom. The van der Waals surface area contributed by atoms with Gasteiger partial charge in [-0.15, -0.1) is 10.2 Å². The molecule has 382 valence electrons. The van der Waals surface area contributed by atoms with Gasteiger partial charge in [0.15, 0.2) is 0 Å². The van der Waals surface area contributed by atoms with Gasteiger partial charge in [-0.2, -0.15) is 8.78 Å². The summed E-state index contributed by atoms with van der Waals surface area (Å²) in [5.41, 5.74) is 1.73. The van der Waals surface area contributed by atoms with Crippen molar-refractivity contribution in [3.8, 4) is 5.75 Å². The molecule has 1 spiro atoms. The second-order valence-corrected chi connectivity index (χ2v) is 23.2. The highest BCUT2D eigenvalue weighted by atomic mass is 35.5. The second kappa shape index (κ2) is 18.5. The summed E-state index contributed by atoms with van der Waals surface area (Å²) in [5.74, 6) is -1.48. The normalized spacial score (nSPS) is 28.8. The molecule has 0 bridgehead atoms. The van der Waals surface area contributed by atoms with Crippen LogP contribution >= 0.6 is 11.6 Å². The van der Waals surface area contributed by atoms with Gasteiger partial charge < -0.3 is 35.4 Å². The van der Waals surface area contributed by atoms with E-state index in [4.69, 9.17) is 11.6 Å². The molecule has 9 rings (SSSR count). The molecule has 5 fully saturated rings. The predicted molar refractivity (Wildman–Crippen MR) is 256 cm³/mol. The number of aromatic nitrogens is 6. The van der Waals surface area contributed by atoms with Gasteiger partial charge in [0.1, 0.15) is 29.9 Å². The van der Waals surface area contributed by atoms with Gasteiger partial charge in [0.2, 0.25) is 23.6 Å². The number of nitrogens with one attached hydrogen (secondary N) is 2. The van der Waals surface area contributed by atoms with Gasteiger partial charge in [-0.25, -0.2) is 9.36 Å². The largest absolute Gasteiger partial charge is 0.434 e. The molecule has 2 aromatic heterocycles. The third-order valence-corrected chi connectivity index (χ3v) is 15.9. The molecule has 4 heterocycles. The van der Waals surface area contributed by atoms with E-state index >= 15 is 0 Å². The van der Waals surface area contributed by atoms with Gasteiger partial charge in [0.05, 0.1) is 29.1 Å².